The fraction of sp³-hybridized carbons (Fsp3) is 0.429. The van der Waals surface area contributed by atoms with Gasteiger partial charge in [0.1, 0.15) is 0 Å². The minimum Gasteiger partial charge on any atom is -0.328 e. The quantitative estimate of drug-likeness (QED) is 0.490. The molecule has 0 unspecified atom stereocenters. The molecule has 0 bridgehead atoms. The van der Waals surface area contributed by atoms with Crippen molar-refractivity contribution >= 4 is 24.1 Å². The minimum absolute atomic E-state index is 0. The zero-order chi connectivity index (χ0) is 8.27. The summed E-state index contributed by atoms with van der Waals surface area (Å²) in [6, 6.07) is 1.90. The Balaban J connectivity index is 0.00000121. The summed E-state index contributed by atoms with van der Waals surface area (Å²) in [6.45, 7) is 3.73. The third kappa shape index (κ3) is 2.92. The van der Waals surface area contributed by atoms with Crippen LogP contribution in [0.25, 0.3) is 0 Å². The van der Waals surface area contributed by atoms with Gasteiger partial charge in [-0.1, -0.05) is 6.92 Å². The molecular weight excluding hydrogens is 176 g/mol. The summed E-state index contributed by atoms with van der Waals surface area (Å²) in [5.41, 5.74) is 1.08. The van der Waals surface area contributed by atoms with Crippen molar-refractivity contribution in [3.8, 4) is 0 Å². The van der Waals surface area contributed by atoms with Gasteiger partial charge >= 0.3 is 0 Å². The average Bonchev–Trinajstić information content (AvgIpc) is 2.34. The molecule has 3 N–H and O–H groups in total. The van der Waals surface area contributed by atoms with E-state index >= 15 is 0 Å². The van der Waals surface area contributed by atoms with Crippen LogP contribution < -0.4 is 5.32 Å². The maximum Gasteiger partial charge on any atom is 0.153 e. The van der Waals surface area contributed by atoms with Gasteiger partial charge < -0.3 is 5.32 Å². The number of amidine groups is 1. The first-order chi connectivity index (χ1) is 5.22. The van der Waals surface area contributed by atoms with Gasteiger partial charge in [0.2, 0.25) is 0 Å². The van der Waals surface area contributed by atoms with Gasteiger partial charge in [0, 0.05) is 11.8 Å². The summed E-state index contributed by atoms with van der Waals surface area (Å²) < 4.78 is 0. The highest BCUT2D eigenvalue weighted by molar-refractivity contribution is 5.89. The minimum atomic E-state index is 0. The molecule has 0 saturated carbocycles. The number of hydrogen-bond acceptors (Lipinski definition) is 2. The lowest BCUT2D eigenvalue weighted by Crippen LogP contribution is -2.04. The van der Waals surface area contributed by atoms with Gasteiger partial charge in [0.25, 0.3) is 0 Å². The van der Waals surface area contributed by atoms with Crippen LogP contribution in [-0.4, -0.2) is 16.0 Å². The molecule has 1 rings (SSSR count). The molecule has 12 heavy (non-hydrogen) atoms. The summed E-state index contributed by atoms with van der Waals surface area (Å²) in [4.78, 5) is 0. The highest BCUT2D eigenvalue weighted by atomic mass is 35.5. The van der Waals surface area contributed by atoms with Crippen molar-refractivity contribution in [1.29, 1.82) is 5.41 Å². The van der Waals surface area contributed by atoms with Gasteiger partial charge in [0.15, 0.2) is 5.82 Å². The number of anilines is 1. The largest absolute Gasteiger partial charge is 0.328 e. The van der Waals surface area contributed by atoms with E-state index in [0.29, 0.717) is 11.7 Å². The predicted octanol–water partition coefficient (Wildman–Crippen LogP) is 1.80. The summed E-state index contributed by atoms with van der Waals surface area (Å²) in [7, 11) is 0. The molecule has 0 spiro atoms. The van der Waals surface area contributed by atoms with Crippen LogP contribution in [0.3, 0.4) is 0 Å². The van der Waals surface area contributed by atoms with Gasteiger partial charge in [-0.15, -0.1) is 12.4 Å². The number of halogens is 1. The Morgan fingerprint density at radius 1 is 1.75 bits per heavy atom. The molecule has 0 aliphatic rings. The number of aromatic nitrogens is 2. The molecule has 4 nitrogen and oxygen atoms in total. The molecule has 0 aromatic carbocycles. The SMILES string of the molecule is CCc1cc(NC(C)=N)n[nH]1.Cl. The molecule has 0 aliphatic carbocycles. The van der Waals surface area contributed by atoms with Crippen LogP contribution in [-0.2, 0) is 6.42 Å². The number of rotatable bonds is 2. The van der Waals surface area contributed by atoms with Crippen molar-refractivity contribution in [2.75, 3.05) is 5.32 Å². The van der Waals surface area contributed by atoms with Crippen molar-refractivity contribution in [2.24, 2.45) is 0 Å². The van der Waals surface area contributed by atoms with Crippen LogP contribution in [0.15, 0.2) is 6.07 Å². The van der Waals surface area contributed by atoms with Gasteiger partial charge in [-0.25, -0.2) is 0 Å². The number of hydrogen-bond donors (Lipinski definition) is 3. The Labute approximate surface area is 77.7 Å². The molecule has 5 heteroatoms. The molecule has 0 saturated heterocycles. The third-order valence-electron chi connectivity index (χ3n) is 1.33. The zero-order valence-corrected chi connectivity index (χ0v) is 7.96. The smallest absolute Gasteiger partial charge is 0.153 e. The molecule has 0 radical (unpaired) electrons. The topological polar surface area (TPSA) is 64.6 Å². The number of aromatic amines is 1. The number of nitrogens with zero attached hydrogens (tertiary/aromatic N) is 1. The predicted molar refractivity (Wildman–Crippen MR) is 52.2 cm³/mol. The molecular formula is C7H13ClN4. The summed E-state index contributed by atoms with van der Waals surface area (Å²) >= 11 is 0. The Morgan fingerprint density at radius 3 is 2.83 bits per heavy atom. The van der Waals surface area contributed by atoms with E-state index in [-0.39, 0.29) is 12.4 Å². The lowest BCUT2D eigenvalue weighted by Gasteiger charge is -1.94. The Hall–Kier alpha value is -1.03. The van der Waals surface area contributed by atoms with Crippen LogP contribution in [0, 0.1) is 5.41 Å². The van der Waals surface area contributed by atoms with Crippen LogP contribution in [0.5, 0.6) is 0 Å². The van der Waals surface area contributed by atoms with E-state index in [2.05, 4.69) is 22.4 Å². The maximum atomic E-state index is 7.13. The van der Waals surface area contributed by atoms with Gasteiger partial charge in [-0.2, -0.15) is 5.10 Å². The molecule has 0 amide bonds. The van der Waals surface area contributed by atoms with Gasteiger partial charge in [-0.05, 0) is 13.3 Å². The van der Waals surface area contributed by atoms with Crippen molar-refractivity contribution in [3.05, 3.63) is 11.8 Å². The number of nitrogens with one attached hydrogen (secondary N) is 3. The molecule has 0 fully saturated rings. The van der Waals surface area contributed by atoms with E-state index in [9.17, 15) is 0 Å². The van der Waals surface area contributed by atoms with E-state index in [4.69, 9.17) is 5.41 Å². The third-order valence-corrected chi connectivity index (χ3v) is 1.33. The first-order valence-corrected chi connectivity index (χ1v) is 3.59. The first-order valence-electron chi connectivity index (χ1n) is 3.59. The van der Waals surface area contributed by atoms with Crippen molar-refractivity contribution in [3.63, 3.8) is 0 Å². The molecule has 0 atom stereocenters. The molecule has 0 aliphatic heterocycles. The fourth-order valence-corrected chi connectivity index (χ4v) is 0.799. The van der Waals surface area contributed by atoms with Crippen molar-refractivity contribution < 1.29 is 0 Å². The van der Waals surface area contributed by atoms with Crippen molar-refractivity contribution in [2.45, 2.75) is 20.3 Å². The Bertz CT molecular complexity index is 256. The zero-order valence-electron chi connectivity index (χ0n) is 7.14. The second-order valence-corrected chi connectivity index (χ2v) is 2.38. The molecule has 1 aromatic rings. The van der Waals surface area contributed by atoms with E-state index < -0.39 is 0 Å². The molecule has 1 heterocycles. The Morgan fingerprint density at radius 2 is 2.42 bits per heavy atom. The summed E-state index contributed by atoms with van der Waals surface area (Å²) in [6.07, 6.45) is 0.936. The number of H-pyrrole nitrogens is 1. The van der Waals surface area contributed by atoms with E-state index in [0.717, 1.165) is 12.1 Å². The average molecular weight is 189 g/mol. The van der Waals surface area contributed by atoms with Gasteiger partial charge in [0.05, 0.1) is 5.84 Å². The van der Waals surface area contributed by atoms with Crippen LogP contribution in [0.4, 0.5) is 5.82 Å². The van der Waals surface area contributed by atoms with E-state index in [1.165, 1.54) is 0 Å². The van der Waals surface area contributed by atoms with Crippen LogP contribution >= 0.6 is 12.4 Å². The molecule has 1 aromatic heterocycles. The van der Waals surface area contributed by atoms with Crippen LogP contribution in [0.2, 0.25) is 0 Å². The van der Waals surface area contributed by atoms with E-state index in [1.807, 2.05) is 6.07 Å². The number of aryl methyl sites for hydroxylation is 1. The lowest BCUT2D eigenvalue weighted by atomic mass is 10.3. The summed E-state index contributed by atoms with van der Waals surface area (Å²) in [5.74, 6) is 1.12. The highest BCUT2D eigenvalue weighted by Crippen LogP contribution is 2.04. The summed E-state index contributed by atoms with van der Waals surface area (Å²) in [5, 5.41) is 16.7. The van der Waals surface area contributed by atoms with Crippen LogP contribution in [0.1, 0.15) is 19.5 Å². The standard InChI is InChI=1S/C7H12N4.ClH/c1-3-6-4-7(11-10-6)9-5(2)8;/h4H,3H2,1-2H3,(H3,8,9,10,11);1H. The fourth-order valence-electron chi connectivity index (χ4n) is 0.799. The highest BCUT2D eigenvalue weighted by Gasteiger charge is 1.97. The monoisotopic (exact) mass is 188 g/mol. The second-order valence-electron chi connectivity index (χ2n) is 2.38. The first kappa shape index (κ1) is 11.0. The second kappa shape index (κ2) is 4.77. The lowest BCUT2D eigenvalue weighted by molar-refractivity contribution is 0.976. The van der Waals surface area contributed by atoms with Crippen molar-refractivity contribution in [1.82, 2.24) is 10.2 Å². The normalized spacial score (nSPS) is 8.83. The maximum absolute atomic E-state index is 7.13. The Kier molecular flexibility index (Phi) is 4.36. The van der Waals surface area contributed by atoms with Gasteiger partial charge in [-0.3, -0.25) is 10.5 Å². The molecule has 68 valence electrons. The van der Waals surface area contributed by atoms with E-state index in [1.54, 1.807) is 6.92 Å².